The average Bonchev–Trinajstić information content (AvgIpc) is 2.08. The fourth-order valence-electron chi connectivity index (χ4n) is 1.30. The third-order valence-corrected chi connectivity index (χ3v) is 4.04. The molecule has 1 heterocycles. The molecule has 12 heavy (non-hydrogen) atoms. The molecule has 0 radical (unpaired) electrons. The van der Waals surface area contributed by atoms with Crippen LogP contribution in [0.25, 0.3) is 0 Å². The minimum absolute atomic E-state index is 0.685. The Hall–Kier alpha value is 0.270. The number of rotatable bonds is 2. The van der Waals surface area contributed by atoms with Crippen molar-refractivity contribution in [1.29, 1.82) is 0 Å². The SMILES string of the molecule is CCC(C)N1CSC(C)N(C)C1. The van der Waals surface area contributed by atoms with Crippen molar-refractivity contribution in [2.24, 2.45) is 0 Å². The van der Waals surface area contributed by atoms with Crippen LogP contribution in [0.2, 0.25) is 0 Å². The van der Waals surface area contributed by atoms with E-state index in [1.807, 2.05) is 11.8 Å². The van der Waals surface area contributed by atoms with Gasteiger partial charge in [0, 0.05) is 11.9 Å². The highest BCUT2D eigenvalue weighted by Crippen LogP contribution is 2.23. The Kier molecular flexibility index (Phi) is 3.87. The molecule has 1 saturated heterocycles. The second-order valence-electron chi connectivity index (χ2n) is 3.64. The molecular formula is C9H20N2S. The summed E-state index contributed by atoms with van der Waals surface area (Å²) in [4.78, 5) is 4.94. The van der Waals surface area contributed by atoms with Crippen LogP contribution in [0, 0.1) is 0 Å². The van der Waals surface area contributed by atoms with Gasteiger partial charge in [-0.2, -0.15) is 0 Å². The van der Waals surface area contributed by atoms with Crippen LogP contribution in [0.4, 0.5) is 0 Å². The van der Waals surface area contributed by atoms with Gasteiger partial charge in [-0.3, -0.25) is 9.80 Å². The Labute approximate surface area is 80.3 Å². The molecule has 0 amide bonds. The van der Waals surface area contributed by atoms with Crippen molar-refractivity contribution < 1.29 is 0 Å². The lowest BCUT2D eigenvalue weighted by atomic mass is 10.2. The molecule has 2 atom stereocenters. The molecule has 0 aromatic heterocycles. The summed E-state index contributed by atoms with van der Waals surface area (Å²) in [6, 6.07) is 0.729. The Bertz CT molecular complexity index is 140. The molecule has 0 aromatic carbocycles. The highest BCUT2D eigenvalue weighted by atomic mass is 32.2. The summed E-state index contributed by atoms with van der Waals surface area (Å²) >= 11 is 2.03. The zero-order valence-electron chi connectivity index (χ0n) is 8.58. The van der Waals surface area contributed by atoms with Crippen molar-refractivity contribution >= 4 is 11.8 Å². The highest BCUT2D eigenvalue weighted by molar-refractivity contribution is 7.99. The maximum Gasteiger partial charge on any atom is 0.0550 e. The van der Waals surface area contributed by atoms with Gasteiger partial charge < -0.3 is 0 Å². The summed E-state index contributed by atoms with van der Waals surface area (Å²) in [5.74, 6) is 1.19. The lowest BCUT2D eigenvalue weighted by molar-refractivity contribution is 0.119. The van der Waals surface area contributed by atoms with E-state index in [9.17, 15) is 0 Å². The van der Waals surface area contributed by atoms with Crippen molar-refractivity contribution in [2.45, 2.75) is 38.6 Å². The first kappa shape index (κ1) is 10.4. The van der Waals surface area contributed by atoms with Gasteiger partial charge >= 0.3 is 0 Å². The molecule has 0 aliphatic carbocycles. The first-order valence-corrected chi connectivity index (χ1v) is 5.76. The fourth-order valence-corrected chi connectivity index (χ4v) is 2.36. The van der Waals surface area contributed by atoms with Crippen LogP contribution in [-0.4, -0.2) is 40.8 Å². The zero-order valence-corrected chi connectivity index (χ0v) is 9.40. The summed E-state index contributed by atoms with van der Waals surface area (Å²) in [6.07, 6.45) is 1.25. The predicted molar refractivity (Wildman–Crippen MR) is 56.1 cm³/mol. The van der Waals surface area contributed by atoms with Gasteiger partial charge in [-0.1, -0.05) is 6.92 Å². The summed E-state index contributed by atoms with van der Waals surface area (Å²) in [7, 11) is 2.20. The molecule has 0 aromatic rings. The second-order valence-corrected chi connectivity index (χ2v) is 4.91. The largest absolute Gasteiger partial charge is 0.282 e. The molecule has 2 unspecified atom stereocenters. The lowest BCUT2D eigenvalue weighted by Gasteiger charge is -2.40. The molecule has 72 valence electrons. The van der Waals surface area contributed by atoms with E-state index >= 15 is 0 Å². The van der Waals surface area contributed by atoms with Crippen LogP contribution in [0.1, 0.15) is 27.2 Å². The molecule has 1 aliphatic heterocycles. The fraction of sp³-hybridized carbons (Fsp3) is 1.00. The molecular weight excluding hydrogens is 168 g/mol. The first-order valence-electron chi connectivity index (χ1n) is 4.71. The summed E-state index contributed by atoms with van der Waals surface area (Å²) < 4.78 is 0. The normalized spacial score (nSPS) is 30.5. The van der Waals surface area contributed by atoms with Gasteiger partial charge in [-0.25, -0.2) is 0 Å². The molecule has 3 heteroatoms. The quantitative estimate of drug-likeness (QED) is 0.654. The van der Waals surface area contributed by atoms with Gasteiger partial charge in [0.15, 0.2) is 0 Å². The molecule has 1 fully saturated rings. The van der Waals surface area contributed by atoms with Gasteiger partial charge in [0.1, 0.15) is 0 Å². The van der Waals surface area contributed by atoms with E-state index in [1.54, 1.807) is 0 Å². The smallest absolute Gasteiger partial charge is 0.0550 e. The number of nitrogens with zero attached hydrogens (tertiary/aromatic N) is 2. The third kappa shape index (κ3) is 2.38. The van der Waals surface area contributed by atoms with Gasteiger partial charge in [-0.15, -0.1) is 11.8 Å². The van der Waals surface area contributed by atoms with Crippen molar-refractivity contribution in [3.63, 3.8) is 0 Å². The van der Waals surface area contributed by atoms with Crippen LogP contribution in [0.15, 0.2) is 0 Å². The van der Waals surface area contributed by atoms with Crippen LogP contribution < -0.4 is 0 Å². The molecule has 0 saturated carbocycles. The van der Waals surface area contributed by atoms with Gasteiger partial charge in [0.2, 0.25) is 0 Å². The molecule has 1 aliphatic rings. The van der Waals surface area contributed by atoms with Crippen LogP contribution in [0.3, 0.4) is 0 Å². The lowest BCUT2D eigenvalue weighted by Crippen LogP contribution is -2.47. The van der Waals surface area contributed by atoms with E-state index in [1.165, 1.54) is 12.3 Å². The average molecular weight is 188 g/mol. The third-order valence-electron chi connectivity index (χ3n) is 2.72. The van der Waals surface area contributed by atoms with Crippen molar-refractivity contribution in [3.8, 4) is 0 Å². The Morgan fingerprint density at radius 3 is 2.75 bits per heavy atom. The zero-order chi connectivity index (χ0) is 9.14. The van der Waals surface area contributed by atoms with Gasteiger partial charge in [0.25, 0.3) is 0 Å². The van der Waals surface area contributed by atoms with Crippen molar-refractivity contribution in [3.05, 3.63) is 0 Å². The first-order chi connectivity index (χ1) is 5.65. The van der Waals surface area contributed by atoms with E-state index in [0.717, 1.165) is 12.7 Å². The standard InChI is InChI=1S/C9H20N2S/c1-5-8(2)11-6-10(4)9(3)12-7-11/h8-9H,5-7H2,1-4H3. The summed E-state index contributed by atoms with van der Waals surface area (Å²) in [5, 5.41) is 0.685. The monoisotopic (exact) mass is 188 g/mol. The predicted octanol–water partition coefficient (Wildman–Crippen LogP) is 2.03. The van der Waals surface area contributed by atoms with Gasteiger partial charge in [0.05, 0.1) is 12.0 Å². The van der Waals surface area contributed by atoms with Crippen molar-refractivity contribution in [1.82, 2.24) is 9.80 Å². The van der Waals surface area contributed by atoms with E-state index in [4.69, 9.17) is 0 Å². The molecule has 1 rings (SSSR count). The van der Waals surface area contributed by atoms with Crippen LogP contribution in [-0.2, 0) is 0 Å². The number of hydrogen-bond acceptors (Lipinski definition) is 3. The number of hydrogen-bond donors (Lipinski definition) is 0. The van der Waals surface area contributed by atoms with Crippen LogP contribution in [0.5, 0.6) is 0 Å². The van der Waals surface area contributed by atoms with Crippen LogP contribution >= 0.6 is 11.8 Å². The topological polar surface area (TPSA) is 6.48 Å². The van der Waals surface area contributed by atoms with E-state index in [-0.39, 0.29) is 0 Å². The Morgan fingerprint density at radius 2 is 2.25 bits per heavy atom. The van der Waals surface area contributed by atoms with E-state index in [2.05, 4.69) is 37.6 Å². The van der Waals surface area contributed by atoms with Gasteiger partial charge in [-0.05, 0) is 27.3 Å². The minimum atomic E-state index is 0.685. The maximum absolute atomic E-state index is 2.53. The van der Waals surface area contributed by atoms with E-state index in [0.29, 0.717) is 5.37 Å². The Balaban J connectivity index is 2.39. The van der Waals surface area contributed by atoms with E-state index < -0.39 is 0 Å². The number of thioether (sulfide) groups is 1. The van der Waals surface area contributed by atoms with Crippen molar-refractivity contribution in [2.75, 3.05) is 19.6 Å². The summed E-state index contributed by atoms with van der Waals surface area (Å²) in [6.45, 7) is 7.97. The highest BCUT2D eigenvalue weighted by Gasteiger charge is 2.23. The molecule has 0 bridgehead atoms. The molecule has 0 N–H and O–H groups in total. The minimum Gasteiger partial charge on any atom is -0.282 e. The second kappa shape index (κ2) is 4.49. The summed E-state index contributed by atoms with van der Waals surface area (Å²) in [5.41, 5.74) is 0. The Morgan fingerprint density at radius 1 is 1.58 bits per heavy atom. The maximum atomic E-state index is 2.53. The molecule has 0 spiro atoms. The molecule has 2 nitrogen and oxygen atoms in total.